The van der Waals surface area contributed by atoms with Gasteiger partial charge in [-0.25, -0.2) is 18.3 Å². The molecule has 8 nitrogen and oxygen atoms in total. The van der Waals surface area contributed by atoms with Crippen molar-refractivity contribution in [2.75, 3.05) is 32.8 Å². The minimum Gasteiger partial charge on any atom is -0.462 e. The number of hydrogen-bond acceptors (Lipinski definition) is 6. The molecule has 1 amide bonds. The van der Waals surface area contributed by atoms with Crippen molar-refractivity contribution < 1.29 is 27.8 Å². The first kappa shape index (κ1) is 22.6. The molecule has 2 aliphatic heterocycles. The molecule has 3 heterocycles. The van der Waals surface area contributed by atoms with Crippen LogP contribution in [0.2, 0.25) is 0 Å². The number of likely N-dealkylation sites (tertiary alicyclic amines) is 1. The number of nitrogens with zero attached hydrogens (tertiary/aromatic N) is 4. The van der Waals surface area contributed by atoms with E-state index in [0.29, 0.717) is 39.0 Å². The molecule has 0 bridgehead atoms. The van der Waals surface area contributed by atoms with Gasteiger partial charge in [-0.05, 0) is 33.6 Å². The van der Waals surface area contributed by atoms with Gasteiger partial charge in [0.1, 0.15) is 11.3 Å². The minimum atomic E-state index is -2.84. The predicted octanol–water partition coefficient (Wildman–Crippen LogP) is 2.30. The summed E-state index contributed by atoms with van der Waals surface area (Å²) < 4.78 is 38.8. The van der Waals surface area contributed by atoms with Crippen LogP contribution >= 0.6 is 0 Å². The monoisotopic (exact) mass is 428 g/mol. The number of esters is 1. The van der Waals surface area contributed by atoms with Crippen molar-refractivity contribution >= 4 is 11.9 Å². The number of piperidine rings is 1. The second kappa shape index (κ2) is 9.82. The van der Waals surface area contributed by atoms with Crippen molar-refractivity contribution in [2.24, 2.45) is 5.92 Å². The van der Waals surface area contributed by atoms with E-state index in [2.05, 4.69) is 5.10 Å². The number of carbonyl (C=O) groups is 2. The molecule has 2 unspecified atom stereocenters. The van der Waals surface area contributed by atoms with Crippen molar-refractivity contribution in [3.05, 3.63) is 17.5 Å². The van der Waals surface area contributed by atoms with Gasteiger partial charge in [-0.3, -0.25) is 9.69 Å². The number of ether oxygens (including phenoxy) is 2. The Morgan fingerprint density at radius 1 is 1.23 bits per heavy atom. The van der Waals surface area contributed by atoms with Crippen LogP contribution in [-0.2, 0) is 20.9 Å². The average molecular weight is 428 g/mol. The molecular weight excluding hydrogens is 398 g/mol. The Bertz CT molecular complexity index is 739. The van der Waals surface area contributed by atoms with E-state index in [-0.39, 0.29) is 42.9 Å². The predicted molar refractivity (Wildman–Crippen MR) is 104 cm³/mol. The van der Waals surface area contributed by atoms with Crippen molar-refractivity contribution in [1.29, 1.82) is 0 Å². The topological polar surface area (TPSA) is 76.9 Å². The summed E-state index contributed by atoms with van der Waals surface area (Å²) in [7, 11) is 0. The van der Waals surface area contributed by atoms with Crippen LogP contribution in [0.3, 0.4) is 0 Å². The van der Waals surface area contributed by atoms with E-state index in [1.54, 1.807) is 6.92 Å². The molecule has 1 aromatic heterocycles. The van der Waals surface area contributed by atoms with Crippen LogP contribution in [0.1, 0.15) is 56.1 Å². The van der Waals surface area contributed by atoms with E-state index in [0.717, 1.165) is 10.9 Å². The van der Waals surface area contributed by atoms with E-state index >= 15 is 0 Å². The molecule has 2 aliphatic rings. The average Bonchev–Trinajstić information content (AvgIpc) is 3.11. The SMILES string of the molecule is CCOC(=O)c1cnn(CN2CCC(C(=O)N3CC(C)OC(C)C3)CC2)c1C(F)F. The van der Waals surface area contributed by atoms with Gasteiger partial charge in [-0.15, -0.1) is 0 Å². The molecule has 30 heavy (non-hydrogen) atoms. The molecule has 3 rings (SSSR count). The zero-order valence-corrected chi connectivity index (χ0v) is 17.7. The van der Waals surface area contributed by atoms with Crippen LogP contribution in [0, 0.1) is 5.92 Å². The maximum absolute atomic E-state index is 13.6. The van der Waals surface area contributed by atoms with Crippen molar-refractivity contribution in [2.45, 2.75) is 58.9 Å². The number of rotatable bonds is 6. The normalized spacial score (nSPS) is 23.7. The number of alkyl halides is 2. The number of morpholine rings is 1. The van der Waals surface area contributed by atoms with Crippen molar-refractivity contribution in [3.8, 4) is 0 Å². The third-order valence-corrected chi connectivity index (χ3v) is 5.58. The molecule has 2 saturated heterocycles. The third kappa shape index (κ3) is 5.15. The first-order valence-electron chi connectivity index (χ1n) is 10.5. The Morgan fingerprint density at radius 2 is 1.87 bits per heavy atom. The highest BCUT2D eigenvalue weighted by Gasteiger charge is 2.33. The van der Waals surface area contributed by atoms with E-state index in [1.165, 1.54) is 0 Å². The lowest BCUT2D eigenvalue weighted by Crippen LogP contribution is -2.51. The van der Waals surface area contributed by atoms with Gasteiger partial charge < -0.3 is 14.4 Å². The molecule has 0 spiro atoms. The maximum Gasteiger partial charge on any atom is 0.341 e. The van der Waals surface area contributed by atoms with Crippen LogP contribution in [0.4, 0.5) is 8.78 Å². The summed E-state index contributed by atoms with van der Waals surface area (Å²) >= 11 is 0. The Labute approximate surface area is 175 Å². The summed E-state index contributed by atoms with van der Waals surface area (Å²) in [5, 5.41) is 3.98. The largest absolute Gasteiger partial charge is 0.462 e. The van der Waals surface area contributed by atoms with E-state index < -0.39 is 18.1 Å². The smallest absolute Gasteiger partial charge is 0.341 e. The lowest BCUT2D eigenvalue weighted by atomic mass is 9.95. The van der Waals surface area contributed by atoms with E-state index in [1.807, 2.05) is 23.6 Å². The van der Waals surface area contributed by atoms with E-state index in [9.17, 15) is 18.4 Å². The maximum atomic E-state index is 13.6. The third-order valence-electron chi connectivity index (χ3n) is 5.58. The fourth-order valence-electron chi connectivity index (χ4n) is 4.23. The molecule has 0 aliphatic carbocycles. The van der Waals surface area contributed by atoms with Crippen molar-refractivity contribution in [1.82, 2.24) is 19.6 Å². The molecule has 0 N–H and O–H groups in total. The Balaban J connectivity index is 1.58. The molecule has 1 aromatic rings. The van der Waals surface area contributed by atoms with Crippen LogP contribution in [-0.4, -0.2) is 76.5 Å². The standard InChI is InChI=1S/C20H30F2N4O4/c1-4-29-20(28)16-9-23-26(17(16)18(21)22)12-24-7-5-15(6-8-24)19(27)25-10-13(2)30-14(3)11-25/h9,13-15,18H,4-8,10-12H2,1-3H3. The van der Waals surface area contributed by atoms with Gasteiger partial charge in [-0.1, -0.05) is 0 Å². The van der Waals surface area contributed by atoms with Gasteiger partial charge in [0.25, 0.3) is 6.43 Å². The van der Waals surface area contributed by atoms with Crippen molar-refractivity contribution in [3.63, 3.8) is 0 Å². The van der Waals surface area contributed by atoms with Gasteiger partial charge >= 0.3 is 5.97 Å². The summed E-state index contributed by atoms with van der Waals surface area (Å²) in [4.78, 5) is 28.6. The Morgan fingerprint density at radius 3 is 2.43 bits per heavy atom. The summed E-state index contributed by atoms with van der Waals surface area (Å²) in [6, 6.07) is 0. The molecule has 2 fully saturated rings. The molecular formula is C20H30F2N4O4. The van der Waals surface area contributed by atoms with E-state index in [4.69, 9.17) is 9.47 Å². The highest BCUT2D eigenvalue weighted by Crippen LogP contribution is 2.26. The van der Waals surface area contributed by atoms with Gasteiger partial charge in [0.15, 0.2) is 0 Å². The second-order valence-electron chi connectivity index (χ2n) is 8.00. The van der Waals surface area contributed by atoms with Crippen LogP contribution in [0.5, 0.6) is 0 Å². The summed E-state index contributed by atoms with van der Waals surface area (Å²) in [5.74, 6) is -0.716. The first-order chi connectivity index (χ1) is 14.3. The summed E-state index contributed by atoms with van der Waals surface area (Å²) in [6.07, 6.45) is -0.324. The van der Waals surface area contributed by atoms with Gasteiger partial charge in [-0.2, -0.15) is 5.10 Å². The summed E-state index contributed by atoms with van der Waals surface area (Å²) in [5.41, 5.74) is -0.629. The lowest BCUT2D eigenvalue weighted by Gasteiger charge is -2.39. The minimum absolute atomic E-state index is 0.0268. The number of hydrogen-bond donors (Lipinski definition) is 0. The fraction of sp³-hybridized carbons (Fsp3) is 0.750. The first-order valence-corrected chi connectivity index (χ1v) is 10.5. The fourth-order valence-corrected chi connectivity index (χ4v) is 4.23. The lowest BCUT2D eigenvalue weighted by molar-refractivity contribution is -0.149. The number of halogens is 2. The molecule has 168 valence electrons. The molecule has 2 atom stereocenters. The molecule has 0 saturated carbocycles. The molecule has 10 heteroatoms. The van der Waals surface area contributed by atoms with Gasteiger partial charge in [0.05, 0.1) is 31.7 Å². The molecule has 0 radical (unpaired) electrons. The number of amides is 1. The highest BCUT2D eigenvalue weighted by molar-refractivity contribution is 5.90. The quantitative estimate of drug-likeness (QED) is 0.647. The zero-order chi connectivity index (χ0) is 21.8. The number of aromatic nitrogens is 2. The van der Waals surface area contributed by atoms with Gasteiger partial charge in [0.2, 0.25) is 5.91 Å². The highest BCUT2D eigenvalue weighted by atomic mass is 19.3. The van der Waals surface area contributed by atoms with Crippen LogP contribution < -0.4 is 0 Å². The second-order valence-corrected chi connectivity index (χ2v) is 8.00. The van der Waals surface area contributed by atoms with Crippen LogP contribution in [0.15, 0.2) is 6.20 Å². The Hall–Kier alpha value is -2.07. The van der Waals surface area contributed by atoms with Crippen LogP contribution in [0.25, 0.3) is 0 Å². The molecule has 0 aromatic carbocycles. The Kier molecular flexibility index (Phi) is 7.41. The number of carbonyl (C=O) groups excluding carboxylic acids is 2. The van der Waals surface area contributed by atoms with Gasteiger partial charge in [0, 0.05) is 32.1 Å². The zero-order valence-electron chi connectivity index (χ0n) is 17.7. The summed E-state index contributed by atoms with van der Waals surface area (Å²) in [6.45, 7) is 8.21.